The van der Waals surface area contributed by atoms with Crippen LogP contribution in [0.2, 0.25) is 0 Å². The van der Waals surface area contributed by atoms with Gasteiger partial charge >= 0.3 is 0 Å². The maximum absolute atomic E-state index is 12.0. The van der Waals surface area contributed by atoms with E-state index in [0.29, 0.717) is 13.0 Å². The fraction of sp³-hybridized carbons (Fsp3) is 0.500. The van der Waals surface area contributed by atoms with Crippen LogP contribution in [0, 0.1) is 0 Å². The van der Waals surface area contributed by atoms with Crippen LogP contribution in [0.5, 0.6) is 5.75 Å². The Bertz CT molecular complexity index is 464. The van der Waals surface area contributed by atoms with Crippen LogP contribution in [-0.2, 0) is 11.3 Å². The molecule has 1 heterocycles. The zero-order chi connectivity index (χ0) is 13.8. The molecule has 1 unspecified atom stereocenters. The normalized spacial score (nSPS) is 19.6. The number of aliphatic hydroxyl groups is 1. The Morgan fingerprint density at radius 2 is 2.32 bits per heavy atom. The number of ether oxygens (including phenoxy) is 1. The summed E-state index contributed by atoms with van der Waals surface area (Å²) in [5, 5.41) is 9.40. The Labute approximate surface area is 121 Å². The molecule has 1 atom stereocenters. The fourth-order valence-electron chi connectivity index (χ4n) is 2.42. The van der Waals surface area contributed by atoms with E-state index in [1.165, 1.54) is 0 Å². The zero-order valence-electron chi connectivity index (χ0n) is 10.9. The third kappa shape index (κ3) is 3.09. The summed E-state index contributed by atoms with van der Waals surface area (Å²) in [5.74, 6) is 0.863. The van der Waals surface area contributed by atoms with Crippen LogP contribution in [0.4, 0.5) is 0 Å². The molecule has 1 aliphatic rings. The standard InChI is InChI=1S/C14H18BrNO3/c1-19-12-6-2-4-10(14(12)15)8-16-11(9-17)5-3-7-13(16)18/h2,4,6,11,17H,3,5,7-9H2,1H3. The first-order valence-corrected chi connectivity index (χ1v) is 7.18. The summed E-state index contributed by atoms with van der Waals surface area (Å²) in [4.78, 5) is 13.8. The highest BCUT2D eigenvalue weighted by atomic mass is 79.9. The van der Waals surface area contributed by atoms with Crippen molar-refractivity contribution < 1.29 is 14.6 Å². The number of likely N-dealkylation sites (tertiary alicyclic amines) is 1. The van der Waals surface area contributed by atoms with Crippen molar-refractivity contribution in [1.82, 2.24) is 4.90 Å². The number of hydrogen-bond donors (Lipinski definition) is 1. The zero-order valence-corrected chi connectivity index (χ0v) is 12.5. The summed E-state index contributed by atoms with van der Waals surface area (Å²) in [6, 6.07) is 5.67. The number of amides is 1. The lowest BCUT2D eigenvalue weighted by Gasteiger charge is -2.35. The minimum atomic E-state index is -0.0700. The highest BCUT2D eigenvalue weighted by Gasteiger charge is 2.28. The molecule has 1 aromatic rings. The van der Waals surface area contributed by atoms with Gasteiger partial charge < -0.3 is 14.7 Å². The Morgan fingerprint density at radius 3 is 3.00 bits per heavy atom. The summed E-state index contributed by atoms with van der Waals surface area (Å²) in [6.45, 7) is 0.523. The number of aliphatic hydroxyl groups excluding tert-OH is 1. The number of benzene rings is 1. The molecule has 1 amide bonds. The van der Waals surface area contributed by atoms with E-state index in [2.05, 4.69) is 15.9 Å². The molecule has 0 aliphatic carbocycles. The van der Waals surface area contributed by atoms with Crippen LogP contribution in [0.25, 0.3) is 0 Å². The van der Waals surface area contributed by atoms with Gasteiger partial charge in [-0.15, -0.1) is 0 Å². The maximum atomic E-state index is 12.0. The molecular weight excluding hydrogens is 310 g/mol. The number of hydrogen-bond acceptors (Lipinski definition) is 3. The number of carbonyl (C=O) groups excluding carboxylic acids is 1. The van der Waals surface area contributed by atoms with Crippen LogP contribution in [0.3, 0.4) is 0 Å². The quantitative estimate of drug-likeness (QED) is 0.923. The van der Waals surface area contributed by atoms with Gasteiger partial charge in [0.1, 0.15) is 5.75 Å². The van der Waals surface area contributed by atoms with E-state index in [1.54, 1.807) is 12.0 Å². The van der Waals surface area contributed by atoms with Crippen molar-refractivity contribution >= 4 is 21.8 Å². The van der Waals surface area contributed by atoms with E-state index in [4.69, 9.17) is 4.74 Å². The van der Waals surface area contributed by atoms with Crippen molar-refractivity contribution in [3.8, 4) is 5.75 Å². The van der Waals surface area contributed by atoms with Crippen LogP contribution >= 0.6 is 15.9 Å². The molecule has 1 N–H and O–H groups in total. The van der Waals surface area contributed by atoms with Crippen LogP contribution in [-0.4, -0.2) is 35.7 Å². The van der Waals surface area contributed by atoms with Crippen LogP contribution in [0.1, 0.15) is 24.8 Å². The van der Waals surface area contributed by atoms with Gasteiger partial charge in [0, 0.05) is 13.0 Å². The third-order valence-corrected chi connectivity index (χ3v) is 4.40. The first kappa shape index (κ1) is 14.3. The van der Waals surface area contributed by atoms with Gasteiger partial charge in [-0.1, -0.05) is 12.1 Å². The van der Waals surface area contributed by atoms with Gasteiger partial charge in [-0.25, -0.2) is 0 Å². The van der Waals surface area contributed by atoms with Crippen molar-refractivity contribution in [2.24, 2.45) is 0 Å². The SMILES string of the molecule is COc1cccc(CN2C(=O)CCCC2CO)c1Br. The van der Waals surface area contributed by atoms with Crippen LogP contribution in [0.15, 0.2) is 22.7 Å². The Kier molecular flexibility index (Phi) is 4.82. The predicted octanol–water partition coefficient (Wildman–Crippen LogP) is 2.33. The first-order chi connectivity index (χ1) is 9.17. The second-order valence-corrected chi connectivity index (χ2v) is 5.48. The summed E-state index contributed by atoms with van der Waals surface area (Å²) >= 11 is 3.50. The van der Waals surface area contributed by atoms with Gasteiger partial charge in [0.05, 0.1) is 24.2 Å². The minimum absolute atomic E-state index is 0.0212. The van der Waals surface area contributed by atoms with E-state index < -0.39 is 0 Å². The van der Waals surface area contributed by atoms with E-state index >= 15 is 0 Å². The lowest BCUT2D eigenvalue weighted by molar-refractivity contribution is -0.138. The van der Waals surface area contributed by atoms with Gasteiger partial charge in [-0.05, 0) is 40.4 Å². The van der Waals surface area contributed by atoms with Crippen molar-refractivity contribution in [3.05, 3.63) is 28.2 Å². The molecule has 1 aromatic carbocycles. The second-order valence-electron chi connectivity index (χ2n) is 4.68. The minimum Gasteiger partial charge on any atom is -0.496 e. The number of carbonyl (C=O) groups is 1. The van der Waals surface area contributed by atoms with E-state index in [9.17, 15) is 9.90 Å². The highest BCUT2D eigenvalue weighted by Crippen LogP contribution is 2.30. The number of halogens is 1. The largest absolute Gasteiger partial charge is 0.496 e. The first-order valence-electron chi connectivity index (χ1n) is 6.39. The third-order valence-electron chi connectivity index (χ3n) is 3.50. The van der Waals surface area contributed by atoms with E-state index in [0.717, 1.165) is 28.6 Å². The van der Waals surface area contributed by atoms with Gasteiger partial charge in [0.25, 0.3) is 0 Å². The summed E-state index contributed by atoms with van der Waals surface area (Å²) < 4.78 is 6.12. The summed E-state index contributed by atoms with van der Waals surface area (Å²) in [5.41, 5.74) is 0.994. The average Bonchev–Trinajstić information content (AvgIpc) is 2.43. The lowest BCUT2D eigenvalue weighted by atomic mass is 10.0. The van der Waals surface area contributed by atoms with E-state index in [1.807, 2.05) is 18.2 Å². The number of rotatable bonds is 4. The Balaban J connectivity index is 2.21. The molecule has 1 fully saturated rings. The molecule has 104 valence electrons. The molecule has 0 saturated carbocycles. The average molecular weight is 328 g/mol. The molecule has 0 radical (unpaired) electrons. The topological polar surface area (TPSA) is 49.8 Å². The molecule has 5 heteroatoms. The highest BCUT2D eigenvalue weighted by molar-refractivity contribution is 9.10. The molecule has 4 nitrogen and oxygen atoms in total. The second kappa shape index (κ2) is 6.39. The molecule has 0 aromatic heterocycles. The predicted molar refractivity (Wildman–Crippen MR) is 76.0 cm³/mol. The van der Waals surface area contributed by atoms with Crippen molar-refractivity contribution in [2.45, 2.75) is 31.8 Å². The van der Waals surface area contributed by atoms with Gasteiger partial charge in [-0.2, -0.15) is 0 Å². The molecule has 0 bridgehead atoms. The van der Waals surface area contributed by atoms with Gasteiger partial charge in [-0.3, -0.25) is 4.79 Å². The Hall–Kier alpha value is -1.07. The molecular formula is C14H18BrNO3. The summed E-state index contributed by atoms with van der Waals surface area (Å²) in [7, 11) is 1.62. The lowest BCUT2D eigenvalue weighted by Crippen LogP contribution is -2.45. The molecule has 1 aliphatic heterocycles. The molecule has 19 heavy (non-hydrogen) atoms. The maximum Gasteiger partial charge on any atom is 0.223 e. The smallest absolute Gasteiger partial charge is 0.223 e. The molecule has 0 spiro atoms. The molecule has 1 saturated heterocycles. The van der Waals surface area contributed by atoms with Crippen LogP contribution < -0.4 is 4.74 Å². The van der Waals surface area contributed by atoms with Crippen molar-refractivity contribution in [3.63, 3.8) is 0 Å². The number of piperidine rings is 1. The van der Waals surface area contributed by atoms with Gasteiger partial charge in [0.2, 0.25) is 5.91 Å². The molecule has 2 rings (SSSR count). The number of methoxy groups -OCH3 is 1. The summed E-state index contributed by atoms with van der Waals surface area (Å²) in [6.07, 6.45) is 2.29. The fourth-order valence-corrected chi connectivity index (χ4v) is 2.97. The van der Waals surface area contributed by atoms with Gasteiger partial charge in [0.15, 0.2) is 0 Å². The van der Waals surface area contributed by atoms with E-state index in [-0.39, 0.29) is 18.6 Å². The number of nitrogens with zero attached hydrogens (tertiary/aromatic N) is 1. The van der Waals surface area contributed by atoms with Crippen molar-refractivity contribution in [2.75, 3.05) is 13.7 Å². The monoisotopic (exact) mass is 327 g/mol. The Morgan fingerprint density at radius 1 is 1.53 bits per heavy atom. The van der Waals surface area contributed by atoms with Crippen molar-refractivity contribution in [1.29, 1.82) is 0 Å².